The average Bonchev–Trinajstić information content (AvgIpc) is 2.26. The van der Waals surface area contributed by atoms with Crippen LogP contribution in [0.15, 0.2) is 0 Å². The van der Waals surface area contributed by atoms with Crippen molar-refractivity contribution in [2.24, 2.45) is 11.7 Å². The van der Waals surface area contributed by atoms with Crippen molar-refractivity contribution in [2.75, 3.05) is 0 Å². The van der Waals surface area contributed by atoms with Crippen molar-refractivity contribution in [3.63, 3.8) is 0 Å². The minimum absolute atomic E-state index is 0.0208. The zero-order valence-corrected chi connectivity index (χ0v) is 12.2. The molecule has 0 radical (unpaired) electrons. The summed E-state index contributed by atoms with van der Waals surface area (Å²) in [5.74, 6) is -2.46. The third-order valence-corrected chi connectivity index (χ3v) is 2.23. The highest BCUT2D eigenvalue weighted by molar-refractivity contribution is 5.83. The summed E-state index contributed by atoms with van der Waals surface area (Å²) < 4.78 is 0. The number of carboxylic acid groups (broad SMARTS) is 2. The van der Waals surface area contributed by atoms with E-state index in [-0.39, 0.29) is 12.3 Å². The van der Waals surface area contributed by atoms with E-state index in [0.29, 0.717) is 0 Å². The first-order valence-electron chi connectivity index (χ1n) is 6.17. The Morgan fingerprint density at radius 2 is 1.50 bits per heavy atom. The molecule has 8 nitrogen and oxygen atoms in total. The summed E-state index contributed by atoms with van der Waals surface area (Å²) in [5, 5.41) is 27.6. The van der Waals surface area contributed by atoms with Crippen molar-refractivity contribution < 1.29 is 29.7 Å². The molecule has 0 heterocycles. The van der Waals surface area contributed by atoms with Gasteiger partial charge < -0.3 is 26.4 Å². The molecule has 3 atom stereocenters. The zero-order chi connectivity index (χ0) is 16.5. The summed E-state index contributed by atoms with van der Waals surface area (Å²) in [5.41, 5.74) is 5.16. The summed E-state index contributed by atoms with van der Waals surface area (Å²) >= 11 is 0. The second-order valence-electron chi connectivity index (χ2n) is 4.79. The van der Waals surface area contributed by atoms with Gasteiger partial charge in [0.25, 0.3) is 0 Å². The molecule has 8 heteroatoms. The Bertz CT molecular complexity index is 330. The van der Waals surface area contributed by atoms with Crippen molar-refractivity contribution in [1.82, 2.24) is 5.32 Å². The number of nitrogens with two attached hydrogens (primary N) is 1. The molecule has 0 bridgehead atoms. The van der Waals surface area contributed by atoms with Crippen molar-refractivity contribution >= 4 is 17.8 Å². The fourth-order valence-corrected chi connectivity index (χ4v) is 0.916. The van der Waals surface area contributed by atoms with Gasteiger partial charge in [0, 0.05) is 0 Å². The van der Waals surface area contributed by atoms with Crippen LogP contribution in [0.25, 0.3) is 0 Å². The van der Waals surface area contributed by atoms with Crippen molar-refractivity contribution in [3.05, 3.63) is 0 Å². The van der Waals surface area contributed by atoms with Crippen LogP contribution in [0.5, 0.6) is 0 Å². The Hall–Kier alpha value is -1.67. The highest BCUT2D eigenvalue weighted by Crippen LogP contribution is 1.96. The maximum absolute atomic E-state index is 10.8. The molecule has 0 aromatic rings. The first kappa shape index (κ1) is 20.6. The Morgan fingerprint density at radius 1 is 1.05 bits per heavy atom. The average molecular weight is 292 g/mol. The first-order valence-corrected chi connectivity index (χ1v) is 6.17. The van der Waals surface area contributed by atoms with Gasteiger partial charge in [0.05, 0.1) is 12.5 Å². The van der Waals surface area contributed by atoms with Gasteiger partial charge in [-0.05, 0) is 19.8 Å². The Balaban J connectivity index is 0. The fourth-order valence-electron chi connectivity index (χ4n) is 0.916. The van der Waals surface area contributed by atoms with Gasteiger partial charge in [0.1, 0.15) is 12.1 Å². The summed E-state index contributed by atoms with van der Waals surface area (Å²) in [7, 11) is 0. The van der Waals surface area contributed by atoms with E-state index in [1.165, 1.54) is 13.8 Å². The molecule has 0 aliphatic carbocycles. The number of carbonyl (C=O) groups excluding carboxylic acids is 1. The smallest absolute Gasteiger partial charge is 0.325 e. The molecule has 0 fully saturated rings. The predicted octanol–water partition coefficient (Wildman–Crippen LogP) is -0.599. The highest BCUT2D eigenvalue weighted by Gasteiger charge is 2.15. The highest BCUT2D eigenvalue weighted by atomic mass is 16.4. The molecule has 0 aliphatic heterocycles. The number of rotatable bonds is 6. The van der Waals surface area contributed by atoms with Gasteiger partial charge in [0.2, 0.25) is 5.91 Å². The third-order valence-electron chi connectivity index (χ3n) is 2.23. The van der Waals surface area contributed by atoms with Crippen molar-refractivity contribution in [1.29, 1.82) is 0 Å². The number of hydrogen-bond acceptors (Lipinski definition) is 5. The topological polar surface area (TPSA) is 150 Å². The summed E-state index contributed by atoms with van der Waals surface area (Å²) in [4.78, 5) is 31.1. The normalized spacial score (nSPS) is 14.6. The lowest BCUT2D eigenvalue weighted by atomic mass is 10.1. The molecule has 0 saturated heterocycles. The minimum atomic E-state index is -1.09. The van der Waals surface area contributed by atoms with E-state index >= 15 is 0 Å². The number of nitrogens with one attached hydrogen (secondary N) is 1. The standard InChI is InChI=1S/C7H13NO4.C5H11NO2/c1-4(9)3-6(10)8-5(2)7(11)12;1-3(2)4(6)5(7)8/h4-5,9H,3H2,1-2H3,(H,8,10)(H,11,12);3-4H,6H2,1-2H3,(H,7,8). The molecule has 6 N–H and O–H groups in total. The van der Waals surface area contributed by atoms with Gasteiger partial charge >= 0.3 is 11.9 Å². The summed E-state index contributed by atoms with van der Waals surface area (Å²) in [6.07, 6.45) is -0.816. The second-order valence-corrected chi connectivity index (χ2v) is 4.79. The minimum Gasteiger partial charge on any atom is -0.480 e. The van der Waals surface area contributed by atoms with Crippen LogP contribution >= 0.6 is 0 Å². The molecule has 0 aromatic heterocycles. The molecular weight excluding hydrogens is 268 g/mol. The molecule has 0 rings (SSSR count). The maximum atomic E-state index is 10.8. The van der Waals surface area contributed by atoms with E-state index in [0.717, 1.165) is 0 Å². The number of carboxylic acids is 2. The van der Waals surface area contributed by atoms with Gasteiger partial charge in [-0.3, -0.25) is 14.4 Å². The van der Waals surface area contributed by atoms with Gasteiger partial charge in [0.15, 0.2) is 0 Å². The van der Waals surface area contributed by atoms with Crippen molar-refractivity contribution in [3.8, 4) is 0 Å². The largest absolute Gasteiger partial charge is 0.480 e. The van der Waals surface area contributed by atoms with E-state index in [1.54, 1.807) is 13.8 Å². The number of hydrogen-bond donors (Lipinski definition) is 5. The van der Waals surface area contributed by atoms with E-state index in [9.17, 15) is 14.4 Å². The SMILES string of the molecule is CC(C)C(N)C(=O)O.CC(O)CC(=O)NC(C)C(=O)O. The molecule has 20 heavy (non-hydrogen) atoms. The van der Waals surface area contributed by atoms with E-state index in [1.807, 2.05) is 0 Å². The van der Waals surface area contributed by atoms with Crippen molar-refractivity contribution in [2.45, 2.75) is 52.3 Å². The maximum Gasteiger partial charge on any atom is 0.325 e. The predicted molar refractivity (Wildman–Crippen MR) is 72.0 cm³/mol. The molecule has 118 valence electrons. The second kappa shape index (κ2) is 10.2. The van der Waals surface area contributed by atoms with Gasteiger partial charge in [-0.15, -0.1) is 0 Å². The van der Waals surface area contributed by atoms with Crippen LogP contribution in [0, 0.1) is 5.92 Å². The zero-order valence-electron chi connectivity index (χ0n) is 12.2. The van der Waals surface area contributed by atoms with Crippen LogP contribution in [-0.4, -0.2) is 51.4 Å². The lowest BCUT2D eigenvalue weighted by molar-refractivity contribution is -0.141. The number of amides is 1. The first-order chi connectivity index (χ1) is 8.98. The quantitative estimate of drug-likeness (QED) is 0.438. The van der Waals surface area contributed by atoms with Gasteiger partial charge in [-0.25, -0.2) is 0 Å². The fraction of sp³-hybridized carbons (Fsp3) is 0.750. The number of aliphatic hydroxyl groups excluding tert-OH is 1. The molecule has 0 saturated carbocycles. The number of carbonyl (C=O) groups is 3. The summed E-state index contributed by atoms with van der Waals surface area (Å²) in [6, 6.07) is -1.62. The lowest BCUT2D eigenvalue weighted by Crippen LogP contribution is -2.39. The van der Waals surface area contributed by atoms with Crippen LogP contribution < -0.4 is 11.1 Å². The Kier molecular flexibility index (Phi) is 10.5. The number of aliphatic carboxylic acids is 2. The van der Waals surface area contributed by atoms with E-state index in [2.05, 4.69) is 5.32 Å². The van der Waals surface area contributed by atoms with Crippen LogP contribution in [0.1, 0.15) is 34.1 Å². The van der Waals surface area contributed by atoms with Crippen LogP contribution in [0.4, 0.5) is 0 Å². The van der Waals surface area contributed by atoms with Gasteiger partial charge in [-0.2, -0.15) is 0 Å². The summed E-state index contributed by atoms with van der Waals surface area (Å²) in [6.45, 7) is 6.38. The molecule has 0 aromatic carbocycles. The Morgan fingerprint density at radius 3 is 1.70 bits per heavy atom. The lowest BCUT2D eigenvalue weighted by Gasteiger charge is -2.09. The van der Waals surface area contributed by atoms with E-state index < -0.39 is 36.0 Å². The molecule has 1 amide bonds. The van der Waals surface area contributed by atoms with Crippen LogP contribution in [0.3, 0.4) is 0 Å². The van der Waals surface area contributed by atoms with E-state index in [4.69, 9.17) is 21.1 Å². The van der Waals surface area contributed by atoms with Gasteiger partial charge in [-0.1, -0.05) is 13.8 Å². The molecule has 0 aliphatic rings. The Labute approximate surface area is 118 Å². The molecule has 3 unspecified atom stereocenters. The van der Waals surface area contributed by atoms with Crippen LogP contribution in [0.2, 0.25) is 0 Å². The monoisotopic (exact) mass is 292 g/mol. The number of aliphatic hydroxyl groups is 1. The van der Waals surface area contributed by atoms with Crippen LogP contribution in [-0.2, 0) is 14.4 Å². The molecular formula is C12H24N2O6. The molecule has 0 spiro atoms. The third kappa shape index (κ3) is 11.4.